The molecule has 2 aliphatic rings. The van der Waals surface area contributed by atoms with Crippen LogP contribution in [0.25, 0.3) is 0 Å². The molecule has 1 aliphatic carbocycles. The van der Waals surface area contributed by atoms with E-state index in [1.807, 2.05) is 11.3 Å². The third kappa shape index (κ3) is 1.10. The Morgan fingerprint density at radius 1 is 1.33 bits per heavy atom. The van der Waals surface area contributed by atoms with E-state index in [-0.39, 0.29) is 0 Å². The normalized spacial score (nSPS) is 26.8. The zero-order chi connectivity index (χ0) is 7.97. The molecule has 2 heteroatoms. The highest BCUT2D eigenvalue weighted by Gasteiger charge is 2.28. The van der Waals surface area contributed by atoms with Crippen LogP contribution in [0.15, 0.2) is 6.07 Å². The van der Waals surface area contributed by atoms with Crippen LogP contribution in [-0.4, -0.2) is 6.61 Å². The summed E-state index contributed by atoms with van der Waals surface area (Å²) >= 11 is 1.98. The summed E-state index contributed by atoms with van der Waals surface area (Å²) in [6.07, 6.45) is 5.86. The second-order valence-electron chi connectivity index (χ2n) is 3.63. The van der Waals surface area contributed by atoms with E-state index in [4.69, 9.17) is 4.74 Å². The van der Waals surface area contributed by atoms with Crippen molar-refractivity contribution in [2.45, 2.75) is 31.8 Å². The Morgan fingerprint density at radius 2 is 2.17 bits per heavy atom. The van der Waals surface area contributed by atoms with Crippen LogP contribution >= 0.6 is 11.3 Å². The van der Waals surface area contributed by atoms with Crippen molar-refractivity contribution in [3.63, 3.8) is 0 Å². The highest BCUT2D eigenvalue weighted by Crippen LogP contribution is 2.39. The first kappa shape index (κ1) is 7.10. The van der Waals surface area contributed by atoms with E-state index in [0.29, 0.717) is 6.10 Å². The number of thiophene rings is 1. The summed E-state index contributed by atoms with van der Waals surface area (Å²) < 4.78 is 5.28. The molecule has 1 nitrogen and oxygen atoms in total. The number of ether oxygens (including phenoxy) is 1. The lowest BCUT2D eigenvalue weighted by Crippen LogP contribution is -1.96. The molecule has 0 N–H and O–H groups in total. The molecule has 1 unspecified atom stereocenters. The number of hydrogen-bond donors (Lipinski definition) is 0. The largest absolute Gasteiger partial charge is 0.367 e. The Bertz CT molecular complexity index is 275. The van der Waals surface area contributed by atoms with Crippen LogP contribution in [0.5, 0.6) is 0 Å². The van der Waals surface area contributed by atoms with Gasteiger partial charge in [0.25, 0.3) is 0 Å². The Labute approximate surface area is 76.4 Å². The Balaban J connectivity index is 1.97. The Hall–Kier alpha value is -0.340. The lowest BCUT2D eigenvalue weighted by Gasteiger charge is -2.08. The van der Waals surface area contributed by atoms with E-state index >= 15 is 0 Å². The fourth-order valence-corrected chi connectivity index (χ4v) is 3.18. The second-order valence-corrected chi connectivity index (χ2v) is 4.79. The van der Waals surface area contributed by atoms with Crippen LogP contribution in [0.1, 0.15) is 34.3 Å². The second kappa shape index (κ2) is 2.57. The van der Waals surface area contributed by atoms with Crippen molar-refractivity contribution in [1.29, 1.82) is 0 Å². The summed E-state index contributed by atoms with van der Waals surface area (Å²) in [5.41, 5.74) is 1.61. The molecule has 0 saturated carbocycles. The highest BCUT2D eigenvalue weighted by atomic mass is 32.1. The van der Waals surface area contributed by atoms with Gasteiger partial charge in [-0.1, -0.05) is 0 Å². The van der Waals surface area contributed by atoms with Gasteiger partial charge < -0.3 is 4.74 Å². The molecule has 1 aromatic heterocycles. The first-order valence-corrected chi connectivity index (χ1v) is 5.48. The standard InChI is InChI=1S/C10H12OS/c1-2-4-9-7(3-1)5-10(12-9)8-6-11-8/h5,8H,1-4,6H2. The van der Waals surface area contributed by atoms with Crippen molar-refractivity contribution in [3.8, 4) is 0 Å². The number of hydrogen-bond acceptors (Lipinski definition) is 2. The van der Waals surface area contributed by atoms with Crippen LogP contribution < -0.4 is 0 Å². The van der Waals surface area contributed by atoms with Crippen LogP contribution in [0.2, 0.25) is 0 Å². The average Bonchev–Trinajstić information content (AvgIpc) is 2.85. The van der Waals surface area contributed by atoms with Gasteiger partial charge in [-0.3, -0.25) is 0 Å². The molecule has 1 aromatic rings. The minimum absolute atomic E-state index is 0.473. The molecule has 0 spiro atoms. The molecular weight excluding hydrogens is 168 g/mol. The first-order valence-electron chi connectivity index (χ1n) is 4.66. The van der Waals surface area contributed by atoms with Crippen molar-refractivity contribution in [1.82, 2.24) is 0 Å². The minimum Gasteiger partial charge on any atom is -0.367 e. The fourth-order valence-electron chi connectivity index (χ4n) is 1.88. The predicted molar refractivity (Wildman–Crippen MR) is 49.7 cm³/mol. The average molecular weight is 180 g/mol. The summed E-state index contributed by atoms with van der Waals surface area (Å²) in [6.45, 7) is 0.958. The summed E-state index contributed by atoms with van der Waals surface area (Å²) in [5, 5.41) is 0. The lowest BCUT2D eigenvalue weighted by molar-refractivity contribution is 0.418. The van der Waals surface area contributed by atoms with E-state index in [9.17, 15) is 0 Å². The number of fused-ring (bicyclic) bond motifs is 1. The molecule has 3 rings (SSSR count). The van der Waals surface area contributed by atoms with Crippen molar-refractivity contribution < 1.29 is 4.74 Å². The monoisotopic (exact) mass is 180 g/mol. The van der Waals surface area contributed by atoms with Crippen molar-refractivity contribution >= 4 is 11.3 Å². The molecule has 0 aromatic carbocycles. The van der Waals surface area contributed by atoms with E-state index in [1.54, 1.807) is 10.4 Å². The van der Waals surface area contributed by atoms with Gasteiger partial charge in [-0.15, -0.1) is 11.3 Å². The van der Waals surface area contributed by atoms with Crippen LogP contribution in [0.4, 0.5) is 0 Å². The Morgan fingerprint density at radius 3 is 2.92 bits per heavy atom. The third-order valence-electron chi connectivity index (χ3n) is 2.67. The van der Waals surface area contributed by atoms with Gasteiger partial charge in [-0.25, -0.2) is 0 Å². The zero-order valence-corrected chi connectivity index (χ0v) is 7.82. The zero-order valence-electron chi connectivity index (χ0n) is 7.01. The van der Waals surface area contributed by atoms with Gasteiger partial charge in [0.15, 0.2) is 0 Å². The molecule has 12 heavy (non-hydrogen) atoms. The highest BCUT2D eigenvalue weighted by molar-refractivity contribution is 7.12. The topological polar surface area (TPSA) is 12.5 Å². The summed E-state index contributed by atoms with van der Waals surface area (Å²) in [6, 6.07) is 2.37. The minimum atomic E-state index is 0.473. The summed E-state index contributed by atoms with van der Waals surface area (Å²) in [5.74, 6) is 0. The number of rotatable bonds is 1. The van der Waals surface area contributed by atoms with Gasteiger partial charge >= 0.3 is 0 Å². The van der Waals surface area contributed by atoms with Crippen LogP contribution in [-0.2, 0) is 17.6 Å². The van der Waals surface area contributed by atoms with Gasteiger partial charge in [0.1, 0.15) is 6.10 Å². The van der Waals surface area contributed by atoms with Crippen LogP contribution in [0.3, 0.4) is 0 Å². The maximum Gasteiger partial charge on any atom is 0.115 e. The van der Waals surface area contributed by atoms with Crippen LogP contribution in [0, 0.1) is 0 Å². The smallest absolute Gasteiger partial charge is 0.115 e. The molecule has 0 bridgehead atoms. The number of aryl methyl sites for hydroxylation is 2. The predicted octanol–water partition coefficient (Wildman–Crippen LogP) is 2.70. The number of epoxide rings is 1. The quantitative estimate of drug-likeness (QED) is 0.605. The summed E-state index contributed by atoms with van der Waals surface area (Å²) in [7, 11) is 0. The molecule has 1 atom stereocenters. The van der Waals surface area contributed by atoms with E-state index < -0.39 is 0 Å². The fraction of sp³-hybridized carbons (Fsp3) is 0.600. The summed E-state index contributed by atoms with van der Waals surface area (Å²) in [4.78, 5) is 3.11. The molecule has 64 valence electrons. The Kier molecular flexibility index (Phi) is 1.52. The van der Waals surface area contributed by atoms with Crippen molar-refractivity contribution in [2.24, 2.45) is 0 Å². The lowest BCUT2D eigenvalue weighted by atomic mass is 9.99. The van der Waals surface area contributed by atoms with Crippen molar-refractivity contribution in [3.05, 3.63) is 21.4 Å². The van der Waals surface area contributed by atoms with Gasteiger partial charge in [0.05, 0.1) is 6.61 Å². The third-order valence-corrected chi connectivity index (χ3v) is 4.00. The van der Waals surface area contributed by atoms with Gasteiger partial charge in [-0.2, -0.15) is 0 Å². The van der Waals surface area contributed by atoms with E-state index in [0.717, 1.165) is 6.61 Å². The maximum absolute atomic E-state index is 5.28. The van der Waals surface area contributed by atoms with Gasteiger partial charge in [0, 0.05) is 9.75 Å². The SMILES string of the molecule is c1c(C2CO2)sc2c1CCCC2. The molecular formula is C10H12OS. The van der Waals surface area contributed by atoms with Gasteiger partial charge in [-0.05, 0) is 37.3 Å². The van der Waals surface area contributed by atoms with E-state index in [2.05, 4.69) is 6.07 Å². The molecule has 0 amide bonds. The van der Waals surface area contributed by atoms with Gasteiger partial charge in [0.2, 0.25) is 0 Å². The molecule has 0 radical (unpaired) electrons. The van der Waals surface area contributed by atoms with Crippen molar-refractivity contribution in [2.75, 3.05) is 6.61 Å². The molecule has 1 fully saturated rings. The molecule has 1 aliphatic heterocycles. The maximum atomic E-state index is 5.28. The molecule has 2 heterocycles. The molecule has 1 saturated heterocycles. The van der Waals surface area contributed by atoms with E-state index in [1.165, 1.54) is 30.6 Å². The first-order chi connectivity index (χ1) is 5.93.